The molecule has 0 fully saturated rings. The number of rotatable bonds is 8. The lowest BCUT2D eigenvalue weighted by molar-refractivity contribution is -0.140. The molecule has 1 atom stereocenters. The monoisotopic (exact) mass is 420 g/mol. The zero-order valence-electron chi connectivity index (χ0n) is 16.5. The number of aryl methyl sites for hydroxylation is 1. The largest absolute Gasteiger partial charge is 0.354 e. The number of hydrogen-bond acceptors (Lipinski definition) is 2. The molecule has 0 saturated carbocycles. The van der Waals surface area contributed by atoms with Gasteiger partial charge in [-0.05, 0) is 43.5 Å². The van der Waals surface area contributed by atoms with Crippen LogP contribution < -0.4 is 5.32 Å². The van der Waals surface area contributed by atoms with Crippen molar-refractivity contribution in [3.05, 3.63) is 69.2 Å². The molecule has 0 spiro atoms. The van der Waals surface area contributed by atoms with Crippen molar-refractivity contribution in [2.24, 2.45) is 0 Å². The Bertz CT molecular complexity index is 819. The second kappa shape index (κ2) is 10.5. The first-order valence-corrected chi connectivity index (χ1v) is 10.1. The van der Waals surface area contributed by atoms with Crippen LogP contribution in [0.5, 0.6) is 0 Å². The first kappa shape index (κ1) is 22.3. The average molecular weight is 421 g/mol. The van der Waals surface area contributed by atoms with Crippen molar-refractivity contribution >= 4 is 35.0 Å². The molecule has 0 bridgehead atoms. The van der Waals surface area contributed by atoms with Gasteiger partial charge in [-0.2, -0.15) is 0 Å². The molecule has 2 rings (SSSR count). The van der Waals surface area contributed by atoms with E-state index in [1.807, 2.05) is 38.1 Å². The van der Waals surface area contributed by atoms with E-state index in [1.54, 1.807) is 30.0 Å². The topological polar surface area (TPSA) is 49.4 Å². The summed E-state index contributed by atoms with van der Waals surface area (Å²) in [4.78, 5) is 27.3. The Morgan fingerprint density at radius 2 is 1.75 bits per heavy atom. The Hall–Kier alpha value is -2.04. The summed E-state index contributed by atoms with van der Waals surface area (Å²) >= 11 is 12.5. The van der Waals surface area contributed by atoms with E-state index in [2.05, 4.69) is 5.32 Å². The van der Waals surface area contributed by atoms with Crippen molar-refractivity contribution in [2.45, 2.75) is 46.2 Å². The lowest BCUT2D eigenvalue weighted by atomic mass is 10.1. The summed E-state index contributed by atoms with van der Waals surface area (Å²) < 4.78 is 0. The predicted octanol–water partition coefficient (Wildman–Crippen LogP) is 4.79. The summed E-state index contributed by atoms with van der Waals surface area (Å²) in [6.45, 7) is 6.64. The van der Waals surface area contributed by atoms with Crippen LogP contribution in [0, 0.1) is 6.92 Å². The molecule has 2 amide bonds. The van der Waals surface area contributed by atoms with Crippen molar-refractivity contribution < 1.29 is 9.59 Å². The van der Waals surface area contributed by atoms with Gasteiger partial charge in [0.05, 0.1) is 6.42 Å². The maximum atomic E-state index is 13.2. The van der Waals surface area contributed by atoms with Crippen LogP contribution in [-0.4, -0.2) is 29.3 Å². The normalized spacial score (nSPS) is 11.8. The lowest BCUT2D eigenvalue weighted by Crippen LogP contribution is -2.48. The minimum atomic E-state index is -0.610. The minimum absolute atomic E-state index is 0.0374. The molecular weight excluding hydrogens is 395 g/mol. The predicted molar refractivity (Wildman–Crippen MR) is 115 cm³/mol. The van der Waals surface area contributed by atoms with Gasteiger partial charge >= 0.3 is 0 Å². The van der Waals surface area contributed by atoms with Gasteiger partial charge in [0.2, 0.25) is 11.8 Å². The van der Waals surface area contributed by atoms with E-state index < -0.39 is 6.04 Å². The van der Waals surface area contributed by atoms with Gasteiger partial charge in [-0.15, -0.1) is 0 Å². The molecule has 150 valence electrons. The highest BCUT2D eigenvalue weighted by atomic mass is 35.5. The van der Waals surface area contributed by atoms with Gasteiger partial charge in [0.15, 0.2) is 0 Å². The molecule has 1 unspecified atom stereocenters. The molecule has 1 N–H and O–H groups in total. The Labute approximate surface area is 176 Å². The summed E-state index contributed by atoms with van der Waals surface area (Å²) in [7, 11) is 0. The number of nitrogens with zero attached hydrogens (tertiary/aromatic N) is 1. The van der Waals surface area contributed by atoms with Crippen LogP contribution in [0.2, 0.25) is 10.0 Å². The first-order valence-electron chi connectivity index (χ1n) is 9.39. The molecule has 4 nitrogen and oxygen atoms in total. The second-order valence-electron chi connectivity index (χ2n) is 6.85. The molecule has 2 aromatic rings. The van der Waals surface area contributed by atoms with Crippen LogP contribution in [-0.2, 0) is 22.6 Å². The summed E-state index contributed by atoms with van der Waals surface area (Å²) in [5.74, 6) is -0.372. The van der Waals surface area contributed by atoms with Crippen molar-refractivity contribution in [1.29, 1.82) is 0 Å². The quantitative estimate of drug-likeness (QED) is 0.667. The van der Waals surface area contributed by atoms with Crippen molar-refractivity contribution in [2.75, 3.05) is 6.54 Å². The SMILES string of the molecule is CCCNC(=O)C(C)N(Cc1cccc(C)c1)C(=O)Cc1c(Cl)cccc1Cl. The standard InChI is InChI=1S/C22H26Cl2N2O2/c1-4-11-25-22(28)16(3)26(14-17-8-5-7-15(2)12-17)21(27)13-18-19(23)9-6-10-20(18)24/h5-10,12,16H,4,11,13-14H2,1-3H3,(H,25,28). The molecule has 0 aliphatic rings. The summed E-state index contributed by atoms with van der Waals surface area (Å²) in [6.07, 6.45) is 0.870. The molecule has 28 heavy (non-hydrogen) atoms. The number of nitrogens with one attached hydrogen (secondary N) is 1. The zero-order valence-corrected chi connectivity index (χ0v) is 18.0. The third kappa shape index (κ3) is 5.98. The average Bonchev–Trinajstić information content (AvgIpc) is 2.66. The summed E-state index contributed by atoms with van der Waals surface area (Å²) in [5, 5.41) is 3.75. The van der Waals surface area contributed by atoms with Crippen LogP contribution in [0.3, 0.4) is 0 Å². The Kier molecular flexibility index (Phi) is 8.34. The molecule has 6 heteroatoms. The number of benzene rings is 2. The van der Waals surface area contributed by atoms with Crippen LogP contribution in [0.15, 0.2) is 42.5 Å². The molecule has 0 aromatic heterocycles. The Morgan fingerprint density at radius 3 is 2.36 bits per heavy atom. The number of carbonyl (C=O) groups is 2. The lowest BCUT2D eigenvalue weighted by Gasteiger charge is -2.29. The highest BCUT2D eigenvalue weighted by Crippen LogP contribution is 2.26. The smallest absolute Gasteiger partial charge is 0.242 e. The maximum absolute atomic E-state index is 13.2. The molecule has 0 aliphatic heterocycles. The number of halogens is 2. The van der Waals surface area contributed by atoms with Crippen molar-refractivity contribution in [3.63, 3.8) is 0 Å². The fourth-order valence-electron chi connectivity index (χ4n) is 2.94. The van der Waals surface area contributed by atoms with E-state index in [1.165, 1.54) is 0 Å². The van der Waals surface area contributed by atoms with Gasteiger partial charge in [0, 0.05) is 23.1 Å². The van der Waals surface area contributed by atoms with Crippen LogP contribution in [0.1, 0.15) is 37.0 Å². The molecule has 0 saturated heterocycles. The fraction of sp³-hybridized carbons (Fsp3) is 0.364. The Morgan fingerprint density at radius 1 is 1.11 bits per heavy atom. The maximum Gasteiger partial charge on any atom is 0.242 e. The highest BCUT2D eigenvalue weighted by Gasteiger charge is 2.27. The fourth-order valence-corrected chi connectivity index (χ4v) is 3.47. The number of amides is 2. The van der Waals surface area contributed by atoms with Crippen molar-refractivity contribution in [3.8, 4) is 0 Å². The zero-order chi connectivity index (χ0) is 20.7. The highest BCUT2D eigenvalue weighted by molar-refractivity contribution is 6.36. The number of carbonyl (C=O) groups excluding carboxylic acids is 2. The van der Waals surface area contributed by atoms with Crippen LogP contribution in [0.25, 0.3) is 0 Å². The van der Waals surface area contributed by atoms with Crippen LogP contribution >= 0.6 is 23.2 Å². The van der Waals surface area contributed by atoms with E-state index in [0.29, 0.717) is 28.7 Å². The van der Waals surface area contributed by atoms with E-state index in [-0.39, 0.29) is 18.2 Å². The van der Waals surface area contributed by atoms with E-state index in [0.717, 1.165) is 17.5 Å². The summed E-state index contributed by atoms with van der Waals surface area (Å²) in [6, 6.07) is 12.4. The molecule has 0 radical (unpaired) electrons. The van der Waals surface area contributed by atoms with Gasteiger partial charge < -0.3 is 10.2 Å². The second-order valence-corrected chi connectivity index (χ2v) is 7.67. The van der Waals surface area contributed by atoms with E-state index >= 15 is 0 Å². The molecule has 0 aliphatic carbocycles. The van der Waals surface area contributed by atoms with Crippen molar-refractivity contribution in [1.82, 2.24) is 10.2 Å². The first-order chi connectivity index (χ1) is 13.3. The summed E-state index contributed by atoms with van der Waals surface area (Å²) in [5.41, 5.74) is 2.64. The van der Waals surface area contributed by atoms with Crippen LogP contribution in [0.4, 0.5) is 0 Å². The molecular formula is C22H26Cl2N2O2. The Balaban J connectivity index is 2.28. The van der Waals surface area contributed by atoms with Gasteiger partial charge in [-0.25, -0.2) is 0 Å². The van der Waals surface area contributed by atoms with Gasteiger partial charge in [0.25, 0.3) is 0 Å². The third-order valence-electron chi connectivity index (χ3n) is 4.54. The van der Waals surface area contributed by atoms with Gasteiger partial charge in [-0.3, -0.25) is 9.59 Å². The number of hydrogen-bond donors (Lipinski definition) is 1. The minimum Gasteiger partial charge on any atom is -0.354 e. The van der Waals surface area contributed by atoms with Gasteiger partial charge in [-0.1, -0.05) is 66.0 Å². The van der Waals surface area contributed by atoms with E-state index in [9.17, 15) is 9.59 Å². The third-order valence-corrected chi connectivity index (χ3v) is 5.25. The molecule has 0 heterocycles. The van der Waals surface area contributed by atoms with Gasteiger partial charge in [0.1, 0.15) is 6.04 Å². The van der Waals surface area contributed by atoms with E-state index in [4.69, 9.17) is 23.2 Å². The molecule has 2 aromatic carbocycles.